The largest absolute Gasteiger partial charge is 0.446 e. The summed E-state index contributed by atoms with van der Waals surface area (Å²) in [5.74, 6) is -1.39. The van der Waals surface area contributed by atoms with E-state index in [9.17, 15) is 19.2 Å². The van der Waals surface area contributed by atoms with Crippen molar-refractivity contribution >= 4 is 35.0 Å². The summed E-state index contributed by atoms with van der Waals surface area (Å²) < 4.78 is 11.0. The molecule has 3 N–H and O–H groups in total. The molecule has 0 saturated heterocycles. The van der Waals surface area contributed by atoms with Crippen LogP contribution in [-0.2, 0) is 17.8 Å². The Kier molecular flexibility index (Phi) is 9.25. The number of aromatic nitrogens is 3. The van der Waals surface area contributed by atoms with Crippen molar-refractivity contribution in [1.29, 1.82) is 0 Å². The molecule has 0 spiro atoms. The predicted octanol–water partition coefficient (Wildman–Crippen LogP) is 2.75. The van der Waals surface area contributed by atoms with E-state index < -0.39 is 29.8 Å². The second-order valence-corrected chi connectivity index (χ2v) is 11.2. The molecule has 3 aromatic heterocycles. The number of fused-ring (bicyclic) bond motifs is 4. The number of amides is 4. The Hall–Kier alpha value is -4.85. The van der Waals surface area contributed by atoms with Gasteiger partial charge in [0.2, 0.25) is 11.8 Å². The Morgan fingerprint density at radius 1 is 1.09 bits per heavy atom. The number of benzene rings is 1. The Bertz CT molecular complexity index is 1570. The monoisotopic (exact) mass is 605 g/mol. The third-order valence-electron chi connectivity index (χ3n) is 6.73. The molecule has 0 aliphatic carbocycles. The third kappa shape index (κ3) is 7.52. The quantitative estimate of drug-likeness (QED) is 0.309. The van der Waals surface area contributed by atoms with E-state index in [1.54, 1.807) is 10.9 Å². The molecule has 224 valence electrons. The van der Waals surface area contributed by atoms with Gasteiger partial charge in [0.25, 0.3) is 17.7 Å². The van der Waals surface area contributed by atoms with Gasteiger partial charge < -0.3 is 29.8 Å². The summed E-state index contributed by atoms with van der Waals surface area (Å²) >= 11 is 1.28. The van der Waals surface area contributed by atoms with Crippen LogP contribution < -0.4 is 16.0 Å². The van der Waals surface area contributed by atoms with Crippen molar-refractivity contribution in [3.63, 3.8) is 0 Å². The van der Waals surface area contributed by atoms with Gasteiger partial charge in [-0.25, -0.2) is 9.97 Å². The highest BCUT2D eigenvalue weighted by molar-refractivity contribution is 7.07. The molecule has 4 bridgehead atoms. The zero-order chi connectivity index (χ0) is 30.3. The number of carbonyl (C=O) groups is 4. The van der Waals surface area contributed by atoms with Crippen molar-refractivity contribution in [1.82, 2.24) is 36.0 Å². The van der Waals surface area contributed by atoms with Crippen molar-refractivity contribution in [3.8, 4) is 0 Å². The Morgan fingerprint density at radius 3 is 2.60 bits per heavy atom. The number of nitrogens with one attached hydrogen (secondary N) is 3. The lowest BCUT2D eigenvalue weighted by Crippen LogP contribution is -2.49. The minimum atomic E-state index is -0.945. The highest BCUT2D eigenvalue weighted by atomic mass is 32.1. The van der Waals surface area contributed by atoms with Crippen LogP contribution in [-0.4, -0.2) is 62.8 Å². The van der Waals surface area contributed by atoms with Gasteiger partial charge in [-0.1, -0.05) is 49.3 Å². The second-order valence-electron chi connectivity index (χ2n) is 10.5. The van der Waals surface area contributed by atoms with Crippen molar-refractivity contribution in [2.45, 2.75) is 45.3 Å². The standard InChI is InChI=1S/C29H31N7O6S/c1-17(2)10-22-28-34-23(14-41-28)27(39)32-20(11-18-6-4-3-5-7-18)25(37)30-8-9-36(29(40)24-15-43-16-31-24)13-19-12-21(35-42-19)26(38)33-22/h3-7,12,14-17,20,22H,8-11,13H2,1-2H3,(H,30,37)(H,32,39)(H,33,38)/t20-,22+/m0/s1. The van der Waals surface area contributed by atoms with Crippen LogP contribution >= 0.6 is 11.3 Å². The van der Waals surface area contributed by atoms with Gasteiger partial charge in [-0.15, -0.1) is 11.3 Å². The van der Waals surface area contributed by atoms with Crippen molar-refractivity contribution in [3.05, 3.63) is 87.8 Å². The van der Waals surface area contributed by atoms with Crippen LogP contribution in [0.5, 0.6) is 0 Å². The fourth-order valence-electron chi connectivity index (χ4n) is 4.62. The molecule has 0 unspecified atom stereocenters. The lowest BCUT2D eigenvalue weighted by atomic mass is 10.0. The van der Waals surface area contributed by atoms with E-state index in [1.807, 2.05) is 44.2 Å². The van der Waals surface area contributed by atoms with Crippen LogP contribution in [0.2, 0.25) is 0 Å². The lowest BCUT2D eigenvalue weighted by molar-refractivity contribution is -0.123. The average molecular weight is 606 g/mol. The first-order valence-corrected chi connectivity index (χ1v) is 14.7. The van der Waals surface area contributed by atoms with Crippen LogP contribution in [0.4, 0.5) is 0 Å². The molecule has 0 radical (unpaired) electrons. The summed E-state index contributed by atoms with van der Waals surface area (Å²) in [4.78, 5) is 62.9. The normalized spacial score (nSPS) is 18.4. The fourth-order valence-corrected chi connectivity index (χ4v) is 5.15. The first-order chi connectivity index (χ1) is 20.8. The Morgan fingerprint density at radius 2 is 1.86 bits per heavy atom. The maximum absolute atomic E-state index is 13.4. The predicted molar refractivity (Wildman–Crippen MR) is 154 cm³/mol. The first-order valence-electron chi connectivity index (χ1n) is 13.8. The van der Waals surface area contributed by atoms with E-state index in [0.29, 0.717) is 6.42 Å². The zero-order valence-electron chi connectivity index (χ0n) is 23.6. The van der Waals surface area contributed by atoms with Gasteiger partial charge in [0.05, 0.1) is 12.1 Å². The molecule has 4 amide bonds. The molecule has 14 heteroatoms. The number of nitrogens with zero attached hydrogens (tertiary/aromatic N) is 4. The van der Waals surface area contributed by atoms with Crippen LogP contribution in [0.15, 0.2) is 62.5 Å². The maximum atomic E-state index is 13.4. The molecular weight excluding hydrogens is 574 g/mol. The molecule has 43 heavy (non-hydrogen) atoms. The van der Waals surface area contributed by atoms with E-state index in [-0.39, 0.29) is 66.6 Å². The van der Waals surface area contributed by atoms with Gasteiger partial charge in [-0.05, 0) is 17.9 Å². The van der Waals surface area contributed by atoms with Gasteiger partial charge >= 0.3 is 0 Å². The van der Waals surface area contributed by atoms with Crippen LogP contribution in [0.1, 0.15) is 75.0 Å². The van der Waals surface area contributed by atoms with E-state index in [0.717, 1.165) is 5.56 Å². The molecule has 0 fully saturated rings. The highest BCUT2D eigenvalue weighted by Crippen LogP contribution is 2.22. The molecule has 0 saturated carbocycles. The number of hydrogen-bond acceptors (Lipinski definition) is 10. The van der Waals surface area contributed by atoms with Crippen molar-refractivity contribution in [2.24, 2.45) is 5.92 Å². The Labute approximate surface area is 251 Å². The Balaban J connectivity index is 1.46. The number of hydrogen-bond donors (Lipinski definition) is 3. The third-order valence-corrected chi connectivity index (χ3v) is 7.31. The summed E-state index contributed by atoms with van der Waals surface area (Å²) in [6.45, 7) is 4.10. The number of thiazole rings is 1. The molecule has 2 atom stereocenters. The van der Waals surface area contributed by atoms with E-state index >= 15 is 0 Å². The van der Waals surface area contributed by atoms with Crippen LogP contribution in [0.25, 0.3) is 0 Å². The van der Waals surface area contributed by atoms with Crippen LogP contribution in [0.3, 0.4) is 0 Å². The molecule has 1 aliphatic heterocycles. The van der Waals surface area contributed by atoms with Crippen LogP contribution in [0, 0.1) is 5.92 Å². The SMILES string of the molecule is CC(C)C[C@H]1NC(=O)c2cc(on2)CN(C(=O)c2cscn2)CCNC(=O)[C@H](Cc2ccccc2)NC(=O)c2coc1n2. The van der Waals surface area contributed by atoms with E-state index in [2.05, 4.69) is 31.1 Å². The first kappa shape index (κ1) is 29.6. The number of oxazole rings is 1. The zero-order valence-corrected chi connectivity index (χ0v) is 24.4. The minimum absolute atomic E-state index is 0.00695. The fraction of sp³-hybridized carbons (Fsp3) is 0.345. The summed E-state index contributed by atoms with van der Waals surface area (Å²) in [5.41, 5.74) is 2.61. The van der Waals surface area contributed by atoms with E-state index in [4.69, 9.17) is 8.94 Å². The van der Waals surface area contributed by atoms with Crippen molar-refractivity contribution in [2.75, 3.05) is 13.1 Å². The van der Waals surface area contributed by atoms with Gasteiger partial charge in [-0.3, -0.25) is 19.2 Å². The smallest absolute Gasteiger partial charge is 0.274 e. The summed E-state index contributed by atoms with van der Waals surface area (Å²) in [5, 5.41) is 14.0. The van der Waals surface area contributed by atoms with Crippen molar-refractivity contribution < 1.29 is 28.1 Å². The lowest BCUT2D eigenvalue weighted by Gasteiger charge is -2.22. The molecule has 1 aromatic carbocycles. The highest BCUT2D eigenvalue weighted by Gasteiger charge is 2.28. The van der Waals surface area contributed by atoms with E-state index in [1.165, 1.54) is 28.6 Å². The minimum Gasteiger partial charge on any atom is -0.446 e. The van der Waals surface area contributed by atoms with Gasteiger partial charge in [0, 0.05) is 31.0 Å². The van der Waals surface area contributed by atoms with Gasteiger partial charge in [0.15, 0.2) is 17.1 Å². The average Bonchev–Trinajstić information content (AvgIpc) is 3.78. The van der Waals surface area contributed by atoms with Gasteiger partial charge in [-0.2, -0.15) is 0 Å². The summed E-state index contributed by atoms with van der Waals surface area (Å²) in [6.07, 6.45) is 1.89. The number of rotatable bonds is 5. The molecule has 1 aliphatic rings. The van der Waals surface area contributed by atoms with Gasteiger partial charge in [0.1, 0.15) is 24.0 Å². The topological polar surface area (TPSA) is 173 Å². The molecular formula is C29H31N7O6S. The maximum Gasteiger partial charge on any atom is 0.274 e. The summed E-state index contributed by atoms with van der Waals surface area (Å²) in [6, 6.07) is 9.12. The molecule has 4 aromatic rings. The molecule has 13 nitrogen and oxygen atoms in total. The number of carbonyl (C=O) groups excluding carboxylic acids is 4. The summed E-state index contributed by atoms with van der Waals surface area (Å²) in [7, 11) is 0. The second kappa shape index (κ2) is 13.4. The molecule has 4 heterocycles. The molecule has 5 rings (SSSR count).